The van der Waals surface area contributed by atoms with E-state index in [9.17, 15) is 0 Å². The Morgan fingerprint density at radius 2 is 1.93 bits per heavy atom. The van der Waals surface area contributed by atoms with Crippen LogP contribution in [0.1, 0.15) is 40.4 Å². The van der Waals surface area contributed by atoms with Gasteiger partial charge in [0.05, 0.1) is 12.2 Å². The summed E-state index contributed by atoms with van der Waals surface area (Å²) in [5.41, 5.74) is 10.1. The molecule has 7 rings (SSSR count). The lowest BCUT2D eigenvalue weighted by Crippen LogP contribution is -2.46. The average molecular weight is 371 g/mol. The fourth-order valence-corrected chi connectivity index (χ4v) is 6.84. The quantitative estimate of drug-likeness (QED) is 0.565. The van der Waals surface area contributed by atoms with E-state index >= 15 is 0 Å². The minimum Gasteiger partial charge on any atom is -0.368 e. The molecule has 5 heterocycles. The molecule has 2 aromatic carbocycles. The fraction of sp³-hybridized carbons (Fsp3) is 0.417. The molecule has 3 N–H and O–H groups in total. The molecule has 4 heteroatoms. The topological polar surface area (TPSA) is 43.1 Å². The van der Waals surface area contributed by atoms with Crippen molar-refractivity contribution in [2.24, 2.45) is 0 Å². The highest BCUT2D eigenvalue weighted by Gasteiger charge is 2.66. The molecular weight excluding hydrogens is 344 g/mol. The highest BCUT2D eigenvalue weighted by atomic mass is 15.4. The first-order valence-corrected chi connectivity index (χ1v) is 10.6. The number of benzene rings is 2. The third kappa shape index (κ3) is 1.66. The predicted molar refractivity (Wildman–Crippen MR) is 113 cm³/mol. The summed E-state index contributed by atoms with van der Waals surface area (Å²) in [5, 5.41) is 9.30. The van der Waals surface area contributed by atoms with E-state index in [1.807, 2.05) is 0 Å². The van der Waals surface area contributed by atoms with Gasteiger partial charge in [-0.15, -0.1) is 0 Å². The van der Waals surface area contributed by atoms with Gasteiger partial charge in [0.1, 0.15) is 0 Å². The minimum absolute atomic E-state index is 0.181. The number of anilines is 1. The number of H-pyrrole nitrogens is 1. The van der Waals surface area contributed by atoms with Gasteiger partial charge in [-0.05, 0) is 62.6 Å². The summed E-state index contributed by atoms with van der Waals surface area (Å²) in [6.07, 6.45) is 2.75. The number of fused-ring (bicyclic) bond motifs is 8. The molecule has 0 saturated carbocycles. The SMILES string of the molecule is Cc1ccc2c(c1)C13CCNC1C1c4[nH]c5ccc(C)cc5c4CCN1C3N2. The lowest BCUT2D eigenvalue weighted by atomic mass is 9.74. The van der Waals surface area contributed by atoms with Crippen molar-refractivity contribution >= 4 is 16.6 Å². The summed E-state index contributed by atoms with van der Waals surface area (Å²) in [6.45, 7) is 6.66. The molecule has 4 aliphatic heterocycles. The Morgan fingerprint density at radius 1 is 1.07 bits per heavy atom. The van der Waals surface area contributed by atoms with Crippen LogP contribution in [0.15, 0.2) is 36.4 Å². The molecular formula is C24H26N4. The van der Waals surface area contributed by atoms with Crippen molar-refractivity contribution in [2.75, 3.05) is 18.4 Å². The van der Waals surface area contributed by atoms with Crippen LogP contribution in [0.2, 0.25) is 0 Å². The summed E-state index contributed by atoms with van der Waals surface area (Å²) in [4.78, 5) is 6.59. The molecule has 0 aliphatic carbocycles. The Labute approximate surface area is 165 Å². The maximum Gasteiger partial charge on any atom is 0.0915 e. The van der Waals surface area contributed by atoms with Crippen molar-refractivity contribution in [3.8, 4) is 0 Å². The number of rotatable bonds is 0. The summed E-state index contributed by atoms with van der Waals surface area (Å²) >= 11 is 0. The van der Waals surface area contributed by atoms with Gasteiger partial charge in [0.2, 0.25) is 0 Å². The normalized spacial score (nSPS) is 32.6. The average Bonchev–Trinajstić information content (AvgIpc) is 3.40. The molecule has 3 aromatic rings. The van der Waals surface area contributed by atoms with E-state index in [2.05, 4.69) is 70.8 Å². The zero-order valence-corrected chi connectivity index (χ0v) is 16.5. The third-order valence-electron chi connectivity index (χ3n) is 7.93. The Kier molecular flexibility index (Phi) is 2.78. The molecule has 0 amide bonds. The van der Waals surface area contributed by atoms with E-state index in [-0.39, 0.29) is 5.41 Å². The van der Waals surface area contributed by atoms with Crippen molar-refractivity contribution in [2.45, 2.75) is 50.4 Å². The summed E-state index contributed by atoms with van der Waals surface area (Å²) in [5.74, 6) is 0. The molecule has 1 spiro atoms. The Morgan fingerprint density at radius 3 is 2.86 bits per heavy atom. The van der Waals surface area contributed by atoms with E-state index in [1.54, 1.807) is 5.56 Å². The lowest BCUT2D eigenvalue weighted by Gasteiger charge is -2.36. The van der Waals surface area contributed by atoms with Crippen molar-refractivity contribution in [3.05, 3.63) is 64.3 Å². The monoisotopic (exact) mass is 370 g/mol. The molecule has 4 nitrogen and oxygen atoms in total. The van der Waals surface area contributed by atoms with Crippen LogP contribution < -0.4 is 10.6 Å². The summed E-state index contributed by atoms with van der Waals surface area (Å²) in [7, 11) is 0. The first kappa shape index (κ1) is 15.6. The summed E-state index contributed by atoms with van der Waals surface area (Å²) < 4.78 is 0. The highest BCUT2D eigenvalue weighted by molar-refractivity contribution is 5.86. The molecule has 4 unspecified atom stereocenters. The fourth-order valence-electron chi connectivity index (χ4n) is 6.84. The van der Waals surface area contributed by atoms with Gasteiger partial charge in [0.15, 0.2) is 0 Å². The molecule has 142 valence electrons. The van der Waals surface area contributed by atoms with Crippen LogP contribution >= 0.6 is 0 Å². The number of aromatic amines is 1. The van der Waals surface area contributed by atoms with Crippen molar-refractivity contribution in [3.63, 3.8) is 0 Å². The zero-order valence-electron chi connectivity index (χ0n) is 16.5. The van der Waals surface area contributed by atoms with Gasteiger partial charge >= 0.3 is 0 Å². The van der Waals surface area contributed by atoms with E-state index in [1.165, 1.54) is 45.4 Å². The zero-order chi connectivity index (χ0) is 18.6. The molecule has 4 atom stereocenters. The second-order valence-electron chi connectivity index (χ2n) is 9.32. The van der Waals surface area contributed by atoms with Gasteiger partial charge in [0, 0.05) is 40.3 Å². The maximum atomic E-state index is 3.94. The smallest absolute Gasteiger partial charge is 0.0915 e. The van der Waals surface area contributed by atoms with Gasteiger partial charge in [-0.3, -0.25) is 4.90 Å². The summed E-state index contributed by atoms with van der Waals surface area (Å²) in [6, 6.07) is 14.7. The third-order valence-corrected chi connectivity index (χ3v) is 7.93. The van der Waals surface area contributed by atoms with Crippen LogP contribution in [0.4, 0.5) is 5.69 Å². The van der Waals surface area contributed by atoms with Crippen molar-refractivity contribution < 1.29 is 0 Å². The van der Waals surface area contributed by atoms with E-state index in [4.69, 9.17) is 0 Å². The van der Waals surface area contributed by atoms with Crippen LogP contribution in [-0.4, -0.2) is 35.2 Å². The first-order valence-electron chi connectivity index (χ1n) is 10.6. The van der Waals surface area contributed by atoms with Gasteiger partial charge in [-0.1, -0.05) is 29.3 Å². The molecule has 0 radical (unpaired) electrons. The minimum atomic E-state index is 0.181. The number of aryl methyl sites for hydroxylation is 2. The van der Waals surface area contributed by atoms with Gasteiger partial charge in [0.25, 0.3) is 0 Å². The van der Waals surface area contributed by atoms with E-state index in [0.717, 1.165) is 19.5 Å². The predicted octanol–water partition coefficient (Wildman–Crippen LogP) is 3.75. The second kappa shape index (κ2) is 5.00. The first-order chi connectivity index (χ1) is 13.7. The van der Waals surface area contributed by atoms with Crippen LogP contribution in [0.3, 0.4) is 0 Å². The van der Waals surface area contributed by atoms with E-state index < -0.39 is 0 Å². The number of nitrogens with one attached hydrogen (secondary N) is 3. The van der Waals surface area contributed by atoms with Gasteiger partial charge < -0.3 is 15.6 Å². The molecule has 0 bridgehead atoms. The Hall–Kier alpha value is -2.30. The van der Waals surface area contributed by atoms with Gasteiger partial charge in [-0.2, -0.15) is 0 Å². The van der Waals surface area contributed by atoms with Crippen LogP contribution in [0.5, 0.6) is 0 Å². The Bertz CT molecular complexity index is 1140. The molecule has 2 saturated heterocycles. The van der Waals surface area contributed by atoms with E-state index in [0.29, 0.717) is 18.2 Å². The second-order valence-corrected chi connectivity index (χ2v) is 9.32. The van der Waals surface area contributed by atoms with Crippen LogP contribution in [0.25, 0.3) is 10.9 Å². The molecule has 2 fully saturated rings. The van der Waals surface area contributed by atoms with Crippen molar-refractivity contribution in [1.82, 2.24) is 15.2 Å². The molecule has 4 aliphatic rings. The van der Waals surface area contributed by atoms with Crippen LogP contribution in [-0.2, 0) is 11.8 Å². The number of aromatic nitrogens is 1. The number of hydrogen-bond donors (Lipinski definition) is 3. The maximum absolute atomic E-state index is 3.94. The molecule has 28 heavy (non-hydrogen) atoms. The van der Waals surface area contributed by atoms with Gasteiger partial charge in [-0.25, -0.2) is 0 Å². The van der Waals surface area contributed by atoms with Crippen LogP contribution in [0, 0.1) is 13.8 Å². The number of nitrogens with zero attached hydrogens (tertiary/aromatic N) is 1. The Balaban J connectivity index is 1.45. The number of hydrogen-bond acceptors (Lipinski definition) is 3. The van der Waals surface area contributed by atoms with Crippen molar-refractivity contribution in [1.29, 1.82) is 0 Å². The molecule has 1 aromatic heterocycles. The largest absolute Gasteiger partial charge is 0.368 e. The standard InChI is InChI=1S/C24H26N4/c1-13-3-5-18-16(11-13)15-7-10-28-21(20(15)26-18)22-24(8-9-25-22)17-12-14(2)4-6-19(17)27-23(24)28/h3-6,11-12,21-23,25-27H,7-10H2,1-2H3. The lowest BCUT2D eigenvalue weighted by molar-refractivity contribution is 0.173. The highest BCUT2D eigenvalue weighted by Crippen LogP contribution is 2.60.